The summed E-state index contributed by atoms with van der Waals surface area (Å²) in [5, 5.41) is 6.65. The van der Waals surface area contributed by atoms with E-state index >= 15 is 0 Å². The van der Waals surface area contributed by atoms with Crippen molar-refractivity contribution in [1.82, 2.24) is 15.5 Å². The molecule has 0 aromatic carbocycles. The summed E-state index contributed by atoms with van der Waals surface area (Å²) in [6, 6.07) is 0. The Morgan fingerprint density at radius 2 is 1.87 bits per heavy atom. The van der Waals surface area contributed by atoms with Crippen molar-refractivity contribution in [3.63, 3.8) is 0 Å². The molecule has 0 saturated carbocycles. The van der Waals surface area contributed by atoms with Crippen LogP contribution in [0.15, 0.2) is 4.99 Å². The number of morpholine rings is 1. The first-order valence-corrected chi connectivity index (χ1v) is 8.24. The Kier molecular flexibility index (Phi) is 11.4. The second-order valence-electron chi connectivity index (χ2n) is 6.69. The number of halogens is 1. The number of hydrogen-bond acceptors (Lipinski definition) is 4. The predicted molar refractivity (Wildman–Crippen MR) is 107 cm³/mol. The second kappa shape index (κ2) is 11.4. The molecule has 0 amide bonds. The molecule has 1 heterocycles. The van der Waals surface area contributed by atoms with Gasteiger partial charge in [0.15, 0.2) is 5.96 Å². The van der Waals surface area contributed by atoms with E-state index in [1.807, 2.05) is 13.8 Å². The molecule has 6 nitrogen and oxygen atoms in total. The standard InChI is InChI=1S/C16H34N4O2.HI/c1-13-10-20(11-14(2)22-13)9-7-8-18-15(17-5)19-12-16(3,4)21-6;/h13-14H,7-12H2,1-6H3,(H2,17,18,19);1H. The topological polar surface area (TPSA) is 58.1 Å². The highest BCUT2D eigenvalue weighted by atomic mass is 127. The average Bonchev–Trinajstić information content (AvgIpc) is 2.45. The fourth-order valence-electron chi connectivity index (χ4n) is 2.57. The Hall–Kier alpha value is -0.120. The van der Waals surface area contributed by atoms with Gasteiger partial charge in [0.25, 0.3) is 0 Å². The molecular weight excluding hydrogens is 407 g/mol. The molecule has 0 aliphatic carbocycles. The van der Waals surface area contributed by atoms with Crippen LogP contribution in [0.25, 0.3) is 0 Å². The molecular formula is C16H35IN4O2. The van der Waals surface area contributed by atoms with Crippen molar-refractivity contribution >= 4 is 29.9 Å². The molecule has 0 spiro atoms. The van der Waals surface area contributed by atoms with E-state index in [9.17, 15) is 0 Å². The van der Waals surface area contributed by atoms with E-state index in [0.29, 0.717) is 12.2 Å². The predicted octanol–water partition coefficient (Wildman–Crippen LogP) is 1.69. The maximum Gasteiger partial charge on any atom is 0.191 e. The number of rotatable bonds is 7. The molecule has 23 heavy (non-hydrogen) atoms. The Bertz CT molecular complexity index is 343. The van der Waals surface area contributed by atoms with Crippen LogP contribution in [-0.4, -0.2) is 75.5 Å². The van der Waals surface area contributed by atoms with Crippen molar-refractivity contribution in [2.75, 3.05) is 46.9 Å². The summed E-state index contributed by atoms with van der Waals surface area (Å²) in [6.07, 6.45) is 1.76. The third-order valence-corrected chi connectivity index (χ3v) is 3.90. The normalized spacial score (nSPS) is 23.3. The van der Waals surface area contributed by atoms with Gasteiger partial charge in [-0.2, -0.15) is 0 Å². The molecule has 1 rings (SSSR count). The summed E-state index contributed by atoms with van der Waals surface area (Å²) in [6.45, 7) is 13.2. The maximum atomic E-state index is 5.75. The number of aliphatic imine (C=N–C) groups is 1. The average molecular weight is 442 g/mol. The fraction of sp³-hybridized carbons (Fsp3) is 0.938. The number of nitrogens with one attached hydrogen (secondary N) is 2. The second-order valence-corrected chi connectivity index (χ2v) is 6.69. The van der Waals surface area contributed by atoms with E-state index < -0.39 is 0 Å². The van der Waals surface area contributed by atoms with Gasteiger partial charge in [-0.15, -0.1) is 24.0 Å². The molecule has 138 valence electrons. The smallest absolute Gasteiger partial charge is 0.191 e. The van der Waals surface area contributed by atoms with Crippen LogP contribution < -0.4 is 10.6 Å². The van der Waals surface area contributed by atoms with Crippen molar-refractivity contribution in [3.05, 3.63) is 0 Å². The zero-order valence-electron chi connectivity index (χ0n) is 15.5. The first-order valence-electron chi connectivity index (χ1n) is 8.24. The Morgan fingerprint density at radius 1 is 1.26 bits per heavy atom. The molecule has 1 saturated heterocycles. The summed E-state index contributed by atoms with van der Waals surface area (Å²) in [5.74, 6) is 0.828. The zero-order valence-corrected chi connectivity index (χ0v) is 17.8. The minimum Gasteiger partial charge on any atom is -0.377 e. The maximum absolute atomic E-state index is 5.75. The van der Waals surface area contributed by atoms with Crippen molar-refractivity contribution in [2.45, 2.75) is 51.9 Å². The lowest BCUT2D eigenvalue weighted by Crippen LogP contribution is -2.47. The van der Waals surface area contributed by atoms with Crippen LogP contribution in [0.2, 0.25) is 0 Å². The minimum atomic E-state index is -0.197. The molecule has 1 aliphatic rings. The third-order valence-electron chi connectivity index (χ3n) is 3.90. The van der Waals surface area contributed by atoms with Crippen LogP contribution in [-0.2, 0) is 9.47 Å². The van der Waals surface area contributed by atoms with Gasteiger partial charge in [0, 0.05) is 46.9 Å². The van der Waals surface area contributed by atoms with Crippen LogP contribution in [0.5, 0.6) is 0 Å². The number of guanidine groups is 1. The monoisotopic (exact) mass is 442 g/mol. The number of nitrogens with zero attached hydrogens (tertiary/aromatic N) is 2. The summed E-state index contributed by atoms with van der Waals surface area (Å²) in [5.41, 5.74) is -0.197. The summed E-state index contributed by atoms with van der Waals surface area (Å²) >= 11 is 0. The fourth-order valence-corrected chi connectivity index (χ4v) is 2.57. The first kappa shape index (κ1) is 22.9. The number of ether oxygens (including phenoxy) is 2. The number of methoxy groups -OCH3 is 1. The van der Waals surface area contributed by atoms with Gasteiger partial charge in [-0.05, 0) is 34.1 Å². The van der Waals surface area contributed by atoms with Crippen molar-refractivity contribution in [2.24, 2.45) is 4.99 Å². The minimum absolute atomic E-state index is 0. The van der Waals surface area contributed by atoms with Gasteiger partial charge in [-0.1, -0.05) is 0 Å². The van der Waals surface area contributed by atoms with Gasteiger partial charge < -0.3 is 20.1 Å². The van der Waals surface area contributed by atoms with E-state index in [2.05, 4.69) is 34.4 Å². The lowest BCUT2D eigenvalue weighted by atomic mass is 10.1. The van der Waals surface area contributed by atoms with E-state index in [4.69, 9.17) is 9.47 Å². The third kappa shape index (κ3) is 9.69. The van der Waals surface area contributed by atoms with Crippen molar-refractivity contribution in [3.8, 4) is 0 Å². The van der Waals surface area contributed by atoms with Gasteiger partial charge in [0.1, 0.15) is 0 Å². The molecule has 0 aromatic heterocycles. The largest absolute Gasteiger partial charge is 0.377 e. The van der Waals surface area contributed by atoms with E-state index in [1.165, 1.54) is 0 Å². The summed E-state index contributed by atoms with van der Waals surface area (Å²) < 4.78 is 11.1. The van der Waals surface area contributed by atoms with Gasteiger partial charge in [-0.25, -0.2) is 0 Å². The number of hydrogen-bond donors (Lipinski definition) is 2. The molecule has 0 bridgehead atoms. The first-order chi connectivity index (χ1) is 10.4. The molecule has 2 atom stereocenters. The zero-order chi connectivity index (χ0) is 16.6. The summed E-state index contributed by atoms with van der Waals surface area (Å²) in [4.78, 5) is 6.72. The van der Waals surface area contributed by atoms with Crippen LogP contribution in [0.1, 0.15) is 34.1 Å². The van der Waals surface area contributed by atoms with Gasteiger partial charge in [0.2, 0.25) is 0 Å². The lowest BCUT2D eigenvalue weighted by molar-refractivity contribution is -0.0679. The van der Waals surface area contributed by atoms with Gasteiger partial charge in [0.05, 0.1) is 17.8 Å². The molecule has 1 fully saturated rings. The van der Waals surface area contributed by atoms with Crippen LogP contribution in [0.3, 0.4) is 0 Å². The molecule has 2 unspecified atom stereocenters. The van der Waals surface area contributed by atoms with Gasteiger partial charge in [-0.3, -0.25) is 9.89 Å². The highest BCUT2D eigenvalue weighted by molar-refractivity contribution is 14.0. The molecule has 0 aromatic rings. The van der Waals surface area contributed by atoms with Crippen molar-refractivity contribution < 1.29 is 9.47 Å². The van der Waals surface area contributed by atoms with Crippen LogP contribution >= 0.6 is 24.0 Å². The van der Waals surface area contributed by atoms with Crippen LogP contribution in [0.4, 0.5) is 0 Å². The van der Waals surface area contributed by atoms with Crippen LogP contribution in [0, 0.1) is 0 Å². The lowest BCUT2D eigenvalue weighted by Gasteiger charge is -2.35. The van der Waals surface area contributed by atoms with E-state index in [-0.39, 0.29) is 29.6 Å². The SMILES string of the molecule is CN=C(NCCCN1CC(C)OC(C)C1)NCC(C)(C)OC.I. The highest BCUT2D eigenvalue weighted by Crippen LogP contribution is 2.10. The Labute approximate surface area is 158 Å². The Morgan fingerprint density at radius 3 is 2.39 bits per heavy atom. The molecule has 1 aliphatic heterocycles. The molecule has 0 radical (unpaired) electrons. The van der Waals surface area contributed by atoms with E-state index in [1.54, 1.807) is 14.2 Å². The molecule has 2 N–H and O–H groups in total. The highest BCUT2D eigenvalue weighted by Gasteiger charge is 2.21. The summed E-state index contributed by atoms with van der Waals surface area (Å²) in [7, 11) is 3.52. The Balaban J connectivity index is 0.00000484. The van der Waals surface area contributed by atoms with Gasteiger partial charge >= 0.3 is 0 Å². The van der Waals surface area contributed by atoms with Crippen molar-refractivity contribution in [1.29, 1.82) is 0 Å². The molecule has 7 heteroatoms. The quantitative estimate of drug-likeness (QED) is 0.272. The van der Waals surface area contributed by atoms with E-state index in [0.717, 1.165) is 45.1 Å².